The van der Waals surface area contributed by atoms with Gasteiger partial charge in [0.05, 0.1) is 12.3 Å². The maximum Gasteiger partial charge on any atom is 0.251 e. The van der Waals surface area contributed by atoms with Crippen molar-refractivity contribution in [3.8, 4) is 11.3 Å². The minimum atomic E-state index is -0.139. The van der Waals surface area contributed by atoms with E-state index in [0.29, 0.717) is 24.0 Å². The Labute approximate surface area is 124 Å². The van der Waals surface area contributed by atoms with Gasteiger partial charge < -0.3 is 9.72 Å². The second-order valence-corrected chi connectivity index (χ2v) is 5.59. The third kappa shape index (κ3) is 3.98. The summed E-state index contributed by atoms with van der Waals surface area (Å²) in [7, 11) is 1.65. The summed E-state index contributed by atoms with van der Waals surface area (Å²) in [4.78, 5) is 23.5. The number of pyridine rings is 1. The van der Waals surface area contributed by atoms with Crippen molar-refractivity contribution in [2.45, 2.75) is 33.8 Å². The molecule has 21 heavy (non-hydrogen) atoms. The van der Waals surface area contributed by atoms with Crippen molar-refractivity contribution < 1.29 is 4.74 Å². The first-order valence-electron chi connectivity index (χ1n) is 7.04. The molecule has 0 aliphatic carbocycles. The van der Waals surface area contributed by atoms with Crippen molar-refractivity contribution >= 4 is 0 Å². The number of aromatic nitrogens is 3. The first kappa shape index (κ1) is 15.4. The van der Waals surface area contributed by atoms with E-state index in [-0.39, 0.29) is 5.56 Å². The Hall–Kier alpha value is -2.01. The Morgan fingerprint density at radius 3 is 2.76 bits per heavy atom. The van der Waals surface area contributed by atoms with Crippen LogP contribution in [0, 0.1) is 12.8 Å². The molecule has 0 saturated heterocycles. The molecule has 0 radical (unpaired) electrons. The maximum absolute atomic E-state index is 11.9. The molecule has 2 heterocycles. The lowest BCUT2D eigenvalue weighted by Crippen LogP contribution is -2.13. The highest BCUT2D eigenvalue weighted by Gasteiger charge is 2.11. The van der Waals surface area contributed by atoms with Crippen molar-refractivity contribution in [2.24, 2.45) is 5.92 Å². The number of nitrogens with one attached hydrogen (secondary N) is 1. The number of hydrogen-bond acceptors (Lipinski definition) is 4. The van der Waals surface area contributed by atoms with E-state index in [1.165, 1.54) is 6.07 Å². The predicted molar refractivity (Wildman–Crippen MR) is 82.1 cm³/mol. The smallest absolute Gasteiger partial charge is 0.251 e. The van der Waals surface area contributed by atoms with Crippen LogP contribution in [0.25, 0.3) is 11.3 Å². The van der Waals surface area contributed by atoms with Gasteiger partial charge in [0.2, 0.25) is 0 Å². The van der Waals surface area contributed by atoms with E-state index in [0.717, 1.165) is 23.2 Å². The molecule has 0 aliphatic heterocycles. The van der Waals surface area contributed by atoms with E-state index in [9.17, 15) is 4.79 Å². The quantitative estimate of drug-likeness (QED) is 0.917. The van der Waals surface area contributed by atoms with Crippen molar-refractivity contribution in [2.75, 3.05) is 7.11 Å². The summed E-state index contributed by atoms with van der Waals surface area (Å²) in [5, 5.41) is 0. The molecule has 0 saturated carbocycles. The van der Waals surface area contributed by atoms with Crippen molar-refractivity contribution in [1.29, 1.82) is 0 Å². The van der Waals surface area contributed by atoms with Gasteiger partial charge in [-0.25, -0.2) is 4.98 Å². The summed E-state index contributed by atoms with van der Waals surface area (Å²) in [6.45, 7) is 6.58. The van der Waals surface area contributed by atoms with E-state index in [1.807, 2.05) is 13.0 Å². The third-order valence-electron chi connectivity index (χ3n) is 3.09. The normalized spacial score (nSPS) is 11.1. The molecule has 0 unspecified atom stereocenters. The Balaban J connectivity index is 2.50. The summed E-state index contributed by atoms with van der Waals surface area (Å²) in [6.07, 6.45) is 2.49. The van der Waals surface area contributed by atoms with Crippen LogP contribution in [0.5, 0.6) is 0 Å². The first-order chi connectivity index (χ1) is 9.99. The average Bonchev–Trinajstić information content (AvgIpc) is 2.37. The van der Waals surface area contributed by atoms with Crippen molar-refractivity contribution in [3.05, 3.63) is 45.8 Å². The van der Waals surface area contributed by atoms with Crippen molar-refractivity contribution in [1.82, 2.24) is 15.0 Å². The number of nitrogens with zero attached hydrogens (tertiary/aromatic N) is 2. The summed E-state index contributed by atoms with van der Waals surface area (Å²) >= 11 is 0. The number of hydrogen-bond donors (Lipinski definition) is 1. The summed E-state index contributed by atoms with van der Waals surface area (Å²) in [5.41, 5.74) is 3.25. The molecule has 1 N–H and O–H groups in total. The molecular weight excluding hydrogens is 266 g/mol. The lowest BCUT2D eigenvalue weighted by atomic mass is 10.1. The zero-order chi connectivity index (χ0) is 15.4. The Morgan fingerprint density at radius 1 is 1.33 bits per heavy atom. The Kier molecular flexibility index (Phi) is 4.85. The molecule has 0 atom stereocenters. The maximum atomic E-state index is 11.9. The molecule has 0 spiro atoms. The number of H-pyrrole nitrogens is 1. The molecule has 0 aliphatic rings. The summed E-state index contributed by atoms with van der Waals surface area (Å²) in [5.74, 6) is 1.13. The zero-order valence-electron chi connectivity index (χ0n) is 12.9. The lowest BCUT2D eigenvalue weighted by Gasteiger charge is -2.10. The topological polar surface area (TPSA) is 67.9 Å². The van der Waals surface area contributed by atoms with Gasteiger partial charge in [0, 0.05) is 37.1 Å². The van der Waals surface area contributed by atoms with Gasteiger partial charge in [0.15, 0.2) is 0 Å². The van der Waals surface area contributed by atoms with Gasteiger partial charge in [-0.1, -0.05) is 13.8 Å². The van der Waals surface area contributed by atoms with E-state index in [1.54, 1.807) is 13.3 Å². The van der Waals surface area contributed by atoms with Crippen LogP contribution in [0.4, 0.5) is 0 Å². The number of ether oxygens (including phenoxy) is 1. The van der Waals surface area contributed by atoms with Crippen LogP contribution in [0.15, 0.2) is 23.1 Å². The van der Waals surface area contributed by atoms with Crippen LogP contribution in [0.3, 0.4) is 0 Å². The second-order valence-electron chi connectivity index (χ2n) is 5.59. The van der Waals surface area contributed by atoms with Gasteiger partial charge in [-0.15, -0.1) is 0 Å². The number of methoxy groups -OCH3 is 1. The minimum Gasteiger partial charge on any atom is -0.380 e. The standard InChI is InChI=1S/C16H21N3O2/c1-10(2)5-15-18-14(7-16(20)19-15)13-8-17-11(3)6-12(13)9-21-4/h6-8,10H,5,9H2,1-4H3,(H,18,19,20). The lowest BCUT2D eigenvalue weighted by molar-refractivity contribution is 0.185. The van der Waals surface area contributed by atoms with Gasteiger partial charge >= 0.3 is 0 Å². The summed E-state index contributed by atoms with van der Waals surface area (Å²) in [6, 6.07) is 3.47. The fraction of sp³-hybridized carbons (Fsp3) is 0.438. The second kappa shape index (κ2) is 6.63. The fourth-order valence-electron chi connectivity index (χ4n) is 2.25. The monoisotopic (exact) mass is 287 g/mol. The van der Waals surface area contributed by atoms with E-state index in [4.69, 9.17) is 4.74 Å². The van der Waals surface area contributed by atoms with Crippen LogP contribution < -0.4 is 5.56 Å². The largest absolute Gasteiger partial charge is 0.380 e. The van der Waals surface area contributed by atoms with E-state index >= 15 is 0 Å². The van der Waals surface area contributed by atoms with Crippen LogP contribution in [-0.4, -0.2) is 22.1 Å². The van der Waals surface area contributed by atoms with Crippen LogP contribution >= 0.6 is 0 Å². The Bertz CT molecular complexity index is 677. The minimum absolute atomic E-state index is 0.139. The van der Waals surface area contributed by atoms with Crippen molar-refractivity contribution in [3.63, 3.8) is 0 Å². The summed E-state index contributed by atoms with van der Waals surface area (Å²) < 4.78 is 5.23. The third-order valence-corrected chi connectivity index (χ3v) is 3.09. The molecule has 0 aromatic carbocycles. The first-order valence-corrected chi connectivity index (χ1v) is 7.04. The molecule has 0 bridgehead atoms. The molecule has 2 aromatic rings. The highest BCUT2D eigenvalue weighted by atomic mass is 16.5. The molecule has 5 heteroatoms. The molecule has 2 rings (SSSR count). The molecule has 5 nitrogen and oxygen atoms in total. The van der Waals surface area contributed by atoms with E-state index in [2.05, 4.69) is 28.8 Å². The SMILES string of the molecule is COCc1cc(C)ncc1-c1cc(=O)[nH]c(CC(C)C)n1. The fourth-order valence-corrected chi connectivity index (χ4v) is 2.25. The van der Waals surface area contributed by atoms with Gasteiger partial charge in [0.1, 0.15) is 5.82 Å². The zero-order valence-corrected chi connectivity index (χ0v) is 12.9. The van der Waals surface area contributed by atoms with Crippen LogP contribution in [0.2, 0.25) is 0 Å². The molecule has 0 amide bonds. The molecular formula is C16H21N3O2. The van der Waals surface area contributed by atoms with Gasteiger partial charge in [-0.3, -0.25) is 9.78 Å². The highest BCUT2D eigenvalue weighted by Crippen LogP contribution is 2.22. The number of rotatable bonds is 5. The number of aromatic amines is 1. The van der Waals surface area contributed by atoms with E-state index < -0.39 is 0 Å². The number of aryl methyl sites for hydroxylation is 1. The van der Waals surface area contributed by atoms with Gasteiger partial charge in [0.25, 0.3) is 5.56 Å². The molecule has 2 aromatic heterocycles. The Morgan fingerprint density at radius 2 is 2.10 bits per heavy atom. The molecule has 0 fully saturated rings. The van der Waals surface area contributed by atoms with Crippen LogP contribution in [-0.2, 0) is 17.8 Å². The van der Waals surface area contributed by atoms with Crippen LogP contribution in [0.1, 0.15) is 30.9 Å². The predicted octanol–water partition coefficient (Wildman–Crippen LogP) is 2.49. The highest BCUT2D eigenvalue weighted by molar-refractivity contribution is 5.62. The van der Waals surface area contributed by atoms with Gasteiger partial charge in [-0.05, 0) is 24.5 Å². The van der Waals surface area contributed by atoms with Gasteiger partial charge in [-0.2, -0.15) is 0 Å². The average molecular weight is 287 g/mol. The molecule has 112 valence electrons.